The number of carboxylic acids is 1. The predicted molar refractivity (Wildman–Crippen MR) is 127 cm³/mol. The number of aliphatic imine (C=N–C) groups is 1. The zero-order valence-corrected chi connectivity index (χ0v) is 19.5. The van der Waals surface area contributed by atoms with Gasteiger partial charge in [-0.25, -0.2) is 14.3 Å². The first-order valence-corrected chi connectivity index (χ1v) is 12.3. The van der Waals surface area contributed by atoms with E-state index in [1.54, 1.807) is 6.20 Å². The molecule has 2 unspecified atom stereocenters. The van der Waals surface area contributed by atoms with E-state index in [1.807, 2.05) is 13.1 Å². The molecule has 1 aliphatic heterocycles. The minimum atomic E-state index is -0.839. The number of rotatable bonds is 19. The van der Waals surface area contributed by atoms with Crippen molar-refractivity contribution in [3.8, 4) is 0 Å². The first kappa shape index (κ1) is 26.6. The molecule has 0 aromatic carbocycles. The van der Waals surface area contributed by atoms with E-state index in [2.05, 4.69) is 24.1 Å². The first-order chi connectivity index (χ1) is 14.5. The van der Waals surface area contributed by atoms with Gasteiger partial charge in [0.2, 0.25) is 5.84 Å². The van der Waals surface area contributed by atoms with Gasteiger partial charge in [0.1, 0.15) is 12.4 Å². The zero-order chi connectivity index (χ0) is 22.1. The van der Waals surface area contributed by atoms with Gasteiger partial charge in [0.05, 0.1) is 6.20 Å². The van der Waals surface area contributed by atoms with E-state index < -0.39 is 5.97 Å². The van der Waals surface area contributed by atoms with Gasteiger partial charge >= 0.3 is 5.97 Å². The number of unbranched alkanes of at least 4 members (excludes halogenated alkanes) is 12. The lowest BCUT2D eigenvalue weighted by Gasteiger charge is -2.34. The number of nitrogens with zero attached hydrogens (tertiary/aromatic N) is 2. The molecule has 30 heavy (non-hydrogen) atoms. The SMILES string of the molecule is CCCCCCC/C=C/CCCCCCCCCC1=NC=C[N+]1(CC(=O)O)C(C)N. The maximum Gasteiger partial charge on any atom is 0.360 e. The number of amidine groups is 1. The third-order valence-electron chi connectivity index (χ3n) is 6.07. The monoisotopic (exact) mass is 420 g/mol. The third-order valence-corrected chi connectivity index (χ3v) is 6.07. The molecule has 0 saturated heterocycles. The fourth-order valence-corrected chi connectivity index (χ4v) is 4.12. The molecule has 0 aliphatic carbocycles. The van der Waals surface area contributed by atoms with Gasteiger partial charge < -0.3 is 5.11 Å². The predicted octanol–water partition coefficient (Wildman–Crippen LogP) is 6.50. The molecule has 2 atom stereocenters. The van der Waals surface area contributed by atoms with Gasteiger partial charge in [-0.15, -0.1) is 0 Å². The minimum Gasteiger partial charge on any atom is -0.477 e. The Morgan fingerprint density at radius 2 is 1.53 bits per heavy atom. The molecular formula is C25H46N3O2+. The summed E-state index contributed by atoms with van der Waals surface area (Å²) in [5.74, 6) is 0.0536. The van der Waals surface area contributed by atoms with Gasteiger partial charge in [0.15, 0.2) is 6.54 Å². The first-order valence-electron chi connectivity index (χ1n) is 12.3. The molecule has 3 N–H and O–H groups in total. The second-order valence-electron chi connectivity index (χ2n) is 8.75. The van der Waals surface area contributed by atoms with Crippen molar-refractivity contribution in [2.75, 3.05) is 6.54 Å². The Kier molecular flexibility index (Phi) is 14.4. The Morgan fingerprint density at radius 1 is 1.00 bits per heavy atom. The molecule has 5 heteroatoms. The second kappa shape index (κ2) is 16.3. The molecule has 0 saturated carbocycles. The van der Waals surface area contributed by atoms with Crippen molar-refractivity contribution in [1.82, 2.24) is 0 Å². The number of hydrogen-bond acceptors (Lipinski definition) is 3. The van der Waals surface area contributed by atoms with E-state index in [0.717, 1.165) is 18.7 Å². The van der Waals surface area contributed by atoms with E-state index in [-0.39, 0.29) is 17.2 Å². The molecular weight excluding hydrogens is 374 g/mol. The maximum absolute atomic E-state index is 11.3. The van der Waals surface area contributed by atoms with Gasteiger partial charge in [-0.2, -0.15) is 0 Å². The highest BCUT2D eigenvalue weighted by Crippen LogP contribution is 2.23. The average molecular weight is 421 g/mol. The Labute approximate surface area is 184 Å². The second-order valence-corrected chi connectivity index (χ2v) is 8.75. The molecule has 0 fully saturated rings. The van der Waals surface area contributed by atoms with E-state index in [9.17, 15) is 9.90 Å². The lowest BCUT2D eigenvalue weighted by Crippen LogP contribution is -2.59. The summed E-state index contributed by atoms with van der Waals surface area (Å²) in [5, 5.41) is 9.25. The molecule has 172 valence electrons. The van der Waals surface area contributed by atoms with Gasteiger partial charge in [0, 0.05) is 13.3 Å². The summed E-state index contributed by atoms with van der Waals surface area (Å²) in [4.78, 5) is 15.7. The highest BCUT2D eigenvalue weighted by molar-refractivity contribution is 5.81. The number of allylic oxidation sites excluding steroid dienone is 2. The number of quaternary nitrogens is 1. The summed E-state index contributed by atoms with van der Waals surface area (Å²) < 4.78 is 0.168. The van der Waals surface area contributed by atoms with Crippen LogP contribution in [0.1, 0.15) is 110 Å². The normalized spacial score (nSPS) is 19.5. The number of carboxylic acid groups (broad SMARTS) is 1. The quantitative estimate of drug-likeness (QED) is 0.142. The number of nitrogens with two attached hydrogens (primary N) is 1. The van der Waals surface area contributed by atoms with E-state index in [1.165, 1.54) is 83.5 Å². The summed E-state index contributed by atoms with van der Waals surface area (Å²) in [7, 11) is 0. The Hall–Kier alpha value is -1.46. The molecule has 0 spiro atoms. The third kappa shape index (κ3) is 10.5. The van der Waals surface area contributed by atoms with Crippen molar-refractivity contribution in [2.45, 2.75) is 116 Å². The Bertz CT molecular complexity index is 555. The van der Waals surface area contributed by atoms with E-state index >= 15 is 0 Å². The van der Waals surface area contributed by atoms with Crippen LogP contribution in [0.15, 0.2) is 29.5 Å². The van der Waals surface area contributed by atoms with Crippen LogP contribution >= 0.6 is 0 Å². The van der Waals surface area contributed by atoms with Crippen LogP contribution in [-0.4, -0.2) is 34.1 Å². The lowest BCUT2D eigenvalue weighted by atomic mass is 10.1. The molecule has 5 nitrogen and oxygen atoms in total. The maximum atomic E-state index is 11.3. The van der Waals surface area contributed by atoms with Crippen molar-refractivity contribution < 1.29 is 14.4 Å². The summed E-state index contributed by atoms with van der Waals surface area (Å²) in [6.45, 7) is 4.09. The zero-order valence-electron chi connectivity index (χ0n) is 19.5. The highest BCUT2D eigenvalue weighted by Gasteiger charge is 2.40. The van der Waals surface area contributed by atoms with Crippen LogP contribution in [0.4, 0.5) is 0 Å². The minimum absolute atomic E-state index is 0.0275. The fraction of sp³-hybridized carbons (Fsp3) is 0.760. The van der Waals surface area contributed by atoms with Crippen molar-refractivity contribution in [1.29, 1.82) is 0 Å². The highest BCUT2D eigenvalue weighted by atomic mass is 16.4. The van der Waals surface area contributed by atoms with Gasteiger partial charge in [-0.05, 0) is 32.1 Å². The van der Waals surface area contributed by atoms with Crippen molar-refractivity contribution >= 4 is 11.8 Å². The molecule has 0 amide bonds. The van der Waals surface area contributed by atoms with Crippen molar-refractivity contribution in [2.24, 2.45) is 10.7 Å². The van der Waals surface area contributed by atoms with E-state index in [4.69, 9.17) is 5.73 Å². The molecule has 0 radical (unpaired) electrons. The van der Waals surface area contributed by atoms with Crippen LogP contribution in [0.25, 0.3) is 0 Å². The van der Waals surface area contributed by atoms with Crippen LogP contribution in [-0.2, 0) is 4.79 Å². The molecule has 1 heterocycles. The average Bonchev–Trinajstić information content (AvgIpc) is 3.10. The van der Waals surface area contributed by atoms with Crippen LogP contribution in [0, 0.1) is 0 Å². The molecule has 0 aromatic heterocycles. The standard InChI is InChI=1S/C25H45N3O2/c1-3-4-5-6-7-8-9-10-11-12-13-14-15-16-17-18-19-24-27-20-21-28(24,23(2)26)22-25(29)30/h9-10,20-21,23H,3-8,11-19,22,26H2,1-2H3/p+1/b10-9+. The Balaban J connectivity index is 2.01. The molecule has 0 aromatic rings. The van der Waals surface area contributed by atoms with Crippen LogP contribution < -0.4 is 5.73 Å². The van der Waals surface area contributed by atoms with Crippen molar-refractivity contribution in [3.63, 3.8) is 0 Å². The van der Waals surface area contributed by atoms with Crippen LogP contribution in [0.5, 0.6) is 0 Å². The Morgan fingerprint density at radius 3 is 2.07 bits per heavy atom. The van der Waals surface area contributed by atoms with Gasteiger partial charge in [0.25, 0.3) is 0 Å². The summed E-state index contributed by atoms with van der Waals surface area (Å²) in [5.41, 5.74) is 6.10. The largest absolute Gasteiger partial charge is 0.477 e. The number of hydrogen-bond donors (Lipinski definition) is 2. The summed E-state index contributed by atoms with van der Waals surface area (Å²) >= 11 is 0. The summed E-state index contributed by atoms with van der Waals surface area (Å²) in [6.07, 6.45) is 26.8. The smallest absolute Gasteiger partial charge is 0.360 e. The number of carbonyl (C=O) groups is 1. The molecule has 1 aliphatic rings. The topological polar surface area (TPSA) is 75.7 Å². The fourth-order valence-electron chi connectivity index (χ4n) is 4.12. The summed E-state index contributed by atoms with van der Waals surface area (Å²) in [6, 6.07) is 0. The van der Waals surface area contributed by atoms with E-state index in [0.29, 0.717) is 0 Å². The van der Waals surface area contributed by atoms with Crippen LogP contribution in [0.2, 0.25) is 0 Å². The van der Waals surface area contributed by atoms with Crippen molar-refractivity contribution in [3.05, 3.63) is 24.6 Å². The van der Waals surface area contributed by atoms with Crippen LogP contribution in [0.3, 0.4) is 0 Å². The van der Waals surface area contributed by atoms with Gasteiger partial charge in [-0.1, -0.05) is 76.9 Å². The number of aliphatic carboxylic acids is 1. The lowest BCUT2D eigenvalue weighted by molar-refractivity contribution is -0.805. The molecule has 1 rings (SSSR count). The molecule has 0 bridgehead atoms. The van der Waals surface area contributed by atoms with Gasteiger partial charge in [-0.3, -0.25) is 5.73 Å².